The fraction of sp³-hybridized carbons (Fsp3) is 0.375. The second kappa shape index (κ2) is 15.0. The van der Waals surface area contributed by atoms with Gasteiger partial charge in [0.15, 0.2) is 6.29 Å². The van der Waals surface area contributed by atoms with Gasteiger partial charge in [0.1, 0.15) is 11.2 Å². The second-order valence-electron chi connectivity index (χ2n) is 10.1. The maximum absolute atomic E-state index is 12.2. The van der Waals surface area contributed by atoms with E-state index in [1.807, 2.05) is 36.2 Å². The van der Waals surface area contributed by atoms with Crippen LogP contribution < -0.4 is 0 Å². The van der Waals surface area contributed by atoms with E-state index in [1.165, 1.54) is 0 Å². The summed E-state index contributed by atoms with van der Waals surface area (Å²) >= 11 is 12.3. The van der Waals surface area contributed by atoms with Crippen LogP contribution in [0.15, 0.2) is 45.4 Å². The Kier molecular flexibility index (Phi) is 11.3. The number of nitrogens with zero attached hydrogens (tertiary/aromatic N) is 2. The van der Waals surface area contributed by atoms with Crippen LogP contribution in [0.5, 0.6) is 0 Å². The Balaban J connectivity index is 0.000000204. The average molecular weight is 648 g/mol. The lowest BCUT2D eigenvalue weighted by molar-refractivity contribution is -0.114. The van der Waals surface area contributed by atoms with Crippen LogP contribution in [-0.4, -0.2) is 76.1 Å². The van der Waals surface area contributed by atoms with Crippen molar-refractivity contribution in [2.24, 2.45) is 0 Å². The quantitative estimate of drug-likeness (QED) is 0.132. The molecule has 0 aliphatic carbocycles. The molecule has 0 spiro atoms. The lowest BCUT2D eigenvalue weighted by atomic mass is 10.1. The first-order chi connectivity index (χ1) is 21.1. The molecule has 0 radical (unpaired) electrons. The number of carbonyl (C=O) groups is 2. The number of hydrogen-bond acceptors (Lipinski definition) is 10. The molecule has 44 heavy (non-hydrogen) atoms. The Morgan fingerprint density at radius 1 is 0.977 bits per heavy atom. The summed E-state index contributed by atoms with van der Waals surface area (Å²) in [6.07, 6.45) is 3.52. The second-order valence-corrected chi connectivity index (χ2v) is 10.9. The van der Waals surface area contributed by atoms with E-state index < -0.39 is 11.9 Å². The molecular weight excluding hydrogens is 611 g/mol. The van der Waals surface area contributed by atoms with Crippen molar-refractivity contribution in [3.05, 3.63) is 74.8 Å². The fourth-order valence-electron chi connectivity index (χ4n) is 4.91. The minimum absolute atomic E-state index is 0.201. The number of likely N-dealkylation sites (N-methyl/N-ethyl adjacent to an activating group) is 1. The summed E-state index contributed by atoms with van der Waals surface area (Å²) in [7, 11) is 7.01. The van der Waals surface area contributed by atoms with Gasteiger partial charge in [-0.3, -0.25) is 4.90 Å². The largest absolute Gasteiger partial charge is 0.460 e. The Morgan fingerprint density at radius 2 is 1.61 bits per heavy atom. The Morgan fingerprint density at radius 3 is 2.27 bits per heavy atom. The molecule has 0 unspecified atom stereocenters. The molecular formula is C32H36Cl2N2O8. The van der Waals surface area contributed by atoms with Crippen molar-refractivity contribution in [2.45, 2.75) is 33.2 Å². The molecule has 2 aromatic carbocycles. The number of benzene rings is 2. The topological polar surface area (TPSA) is 104 Å². The molecule has 10 nitrogen and oxygen atoms in total. The first-order valence-corrected chi connectivity index (χ1v) is 14.8. The zero-order valence-electron chi connectivity index (χ0n) is 25.6. The molecule has 4 aromatic rings. The van der Waals surface area contributed by atoms with Gasteiger partial charge < -0.3 is 32.7 Å². The van der Waals surface area contributed by atoms with Crippen LogP contribution >= 0.6 is 23.2 Å². The number of ether oxygens (including phenoxy) is 4. The fourth-order valence-corrected chi connectivity index (χ4v) is 5.30. The molecule has 0 fully saturated rings. The van der Waals surface area contributed by atoms with E-state index in [0.29, 0.717) is 47.5 Å². The van der Waals surface area contributed by atoms with E-state index in [1.54, 1.807) is 58.4 Å². The zero-order valence-corrected chi connectivity index (χ0v) is 27.1. The van der Waals surface area contributed by atoms with Crippen molar-refractivity contribution in [3.63, 3.8) is 0 Å². The zero-order chi connectivity index (χ0) is 32.0. The summed E-state index contributed by atoms with van der Waals surface area (Å²) in [5.41, 5.74) is 3.69. The van der Waals surface area contributed by atoms with Crippen LogP contribution in [0.4, 0.5) is 0 Å². The summed E-state index contributed by atoms with van der Waals surface area (Å²) in [5, 5.41) is 2.90. The highest BCUT2D eigenvalue weighted by atomic mass is 35.5. The van der Waals surface area contributed by atoms with Gasteiger partial charge in [-0.25, -0.2) is 9.59 Å². The van der Waals surface area contributed by atoms with Gasteiger partial charge in [-0.1, -0.05) is 23.2 Å². The highest BCUT2D eigenvalue weighted by Gasteiger charge is 2.26. The summed E-state index contributed by atoms with van der Waals surface area (Å²) in [5.74, 6) is -0.451. The maximum Gasteiger partial charge on any atom is 0.374 e. The normalized spacial score (nSPS) is 12.5. The molecule has 12 heteroatoms. The Labute approximate surface area is 265 Å². The van der Waals surface area contributed by atoms with E-state index in [4.69, 9.17) is 51.0 Å². The maximum atomic E-state index is 12.2. The molecule has 236 valence electrons. The molecule has 0 saturated heterocycles. The molecule has 0 saturated carbocycles. The number of fused-ring (bicyclic) bond motifs is 1. The predicted octanol–water partition coefficient (Wildman–Crippen LogP) is 6.99. The highest BCUT2D eigenvalue weighted by Crippen LogP contribution is 2.37. The highest BCUT2D eigenvalue weighted by molar-refractivity contribution is 6.33. The van der Waals surface area contributed by atoms with Crippen LogP contribution in [0.2, 0.25) is 10.0 Å². The Bertz CT molecular complexity index is 1660. The lowest BCUT2D eigenvalue weighted by Crippen LogP contribution is -2.31. The molecule has 0 amide bonds. The van der Waals surface area contributed by atoms with E-state index in [-0.39, 0.29) is 24.4 Å². The number of esters is 2. The SMILES string of the molecule is CCOC(=O)c1oc2ccc(Cl)c3c2c1CN(C)C=C3.CCOC(=O)c1oc2ccc(Cl)cc2c1CN(C)CC(OC)OC. The number of rotatable bonds is 10. The average Bonchev–Trinajstić information content (AvgIpc) is 3.47. The number of halogens is 2. The number of furan rings is 2. The van der Waals surface area contributed by atoms with Gasteiger partial charge in [0.05, 0.1) is 13.2 Å². The van der Waals surface area contributed by atoms with Gasteiger partial charge in [-0.15, -0.1) is 0 Å². The van der Waals surface area contributed by atoms with Crippen molar-refractivity contribution in [1.29, 1.82) is 0 Å². The van der Waals surface area contributed by atoms with Crippen LogP contribution in [0.25, 0.3) is 28.0 Å². The van der Waals surface area contributed by atoms with Crippen molar-refractivity contribution >= 4 is 63.2 Å². The minimum atomic E-state index is -0.483. The molecule has 0 bridgehead atoms. The lowest BCUT2D eigenvalue weighted by Gasteiger charge is -2.21. The standard InChI is InChI=1S/C17H22ClNO5.C15H14ClNO3/c1-5-23-17(20)16-13(9-19(2)10-15(21-3)22-4)12-8-11(18)6-7-14(12)24-16;1-3-19-15(18)14-10-8-17(2)7-6-9-11(16)4-5-12(20-14)13(9)10/h6-8,15H,5,9-10H2,1-4H3;4-7H,3,8H2,1-2H3. The van der Waals surface area contributed by atoms with Crippen molar-refractivity contribution < 1.29 is 37.4 Å². The van der Waals surface area contributed by atoms with Crippen molar-refractivity contribution in [3.8, 4) is 0 Å². The van der Waals surface area contributed by atoms with Gasteiger partial charge in [-0.05, 0) is 63.5 Å². The van der Waals surface area contributed by atoms with Crippen LogP contribution in [0, 0.1) is 0 Å². The Hall–Kier alpha value is -3.54. The third kappa shape index (κ3) is 7.39. The summed E-state index contributed by atoms with van der Waals surface area (Å²) in [6.45, 7) is 5.69. The van der Waals surface area contributed by atoms with Gasteiger partial charge in [0.25, 0.3) is 0 Å². The first kappa shape index (κ1) is 33.4. The van der Waals surface area contributed by atoms with Gasteiger partial charge >= 0.3 is 11.9 Å². The molecule has 0 N–H and O–H groups in total. The van der Waals surface area contributed by atoms with E-state index in [0.717, 1.165) is 27.5 Å². The third-order valence-electron chi connectivity index (χ3n) is 6.93. The summed E-state index contributed by atoms with van der Waals surface area (Å²) in [4.78, 5) is 28.2. The van der Waals surface area contributed by atoms with E-state index >= 15 is 0 Å². The van der Waals surface area contributed by atoms with Crippen LogP contribution in [-0.2, 0) is 32.0 Å². The third-order valence-corrected chi connectivity index (χ3v) is 7.50. The number of hydrogen-bond donors (Lipinski definition) is 0. The van der Waals surface area contributed by atoms with E-state index in [9.17, 15) is 9.59 Å². The molecule has 1 aliphatic heterocycles. The molecule has 0 atom stereocenters. The summed E-state index contributed by atoms with van der Waals surface area (Å²) in [6, 6.07) is 8.82. The monoisotopic (exact) mass is 646 g/mol. The van der Waals surface area contributed by atoms with E-state index in [2.05, 4.69) is 0 Å². The number of methoxy groups -OCH3 is 2. The minimum Gasteiger partial charge on any atom is -0.460 e. The van der Waals surface area contributed by atoms with Gasteiger partial charge in [-0.2, -0.15) is 0 Å². The predicted molar refractivity (Wildman–Crippen MR) is 169 cm³/mol. The molecule has 2 aromatic heterocycles. The van der Waals surface area contributed by atoms with Gasteiger partial charge in [0.2, 0.25) is 11.5 Å². The van der Waals surface area contributed by atoms with Crippen molar-refractivity contribution in [2.75, 3.05) is 48.1 Å². The molecule has 1 aliphatic rings. The molecule has 3 heterocycles. The van der Waals surface area contributed by atoms with Crippen molar-refractivity contribution in [1.82, 2.24) is 9.80 Å². The molecule has 5 rings (SSSR count). The van der Waals surface area contributed by atoms with Crippen LogP contribution in [0.3, 0.4) is 0 Å². The summed E-state index contributed by atoms with van der Waals surface area (Å²) < 4.78 is 32.0. The number of carbonyl (C=O) groups excluding carboxylic acids is 2. The van der Waals surface area contributed by atoms with Gasteiger partial charge in [0, 0.05) is 78.4 Å². The smallest absolute Gasteiger partial charge is 0.374 e. The van der Waals surface area contributed by atoms with Crippen LogP contribution in [0.1, 0.15) is 51.6 Å². The first-order valence-electron chi connectivity index (χ1n) is 14.0.